The van der Waals surface area contributed by atoms with E-state index in [4.69, 9.17) is 16.3 Å². The summed E-state index contributed by atoms with van der Waals surface area (Å²) in [5, 5.41) is 19.6. The fraction of sp³-hybridized carbons (Fsp3) is 1.00. The summed E-state index contributed by atoms with van der Waals surface area (Å²) in [5.74, 6) is 0.228. The van der Waals surface area contributed by atoms with Gasteiger partial charge in [0.25, 0.3) is 0 Å². The van der Waals surface area contributed by atoms with Crippen LogP contribution in [0.1, 0.15) is 12.8 Å². The van der Waals surface area contributed by atoms with Crippen molar-refractivity contribution in [3.05, 3.63) is 0 Å². The van der Waals surface area contributed by atoms with E-state index in [1.54, 1.807) is 0 Å². The summed E-state index contributed by atoms with van der Waals surface area (Å²) < 4.78 is 5.20. The number of aliphatic hydroxyl groups is 2. The molecule has 1 unspecified atom stereocenters. The summed E-state index contributed by atoms with van der Waals surface area (Å²) in [6.45, 7) is 2.28. The second kappa shape index (κ2) is 6.01. The maximum atomic E-state index is 10.2. The van der Waals surface area contributed by atoms with Crippen molar-refractivity contribution in [1.29, 1.82) is 0 Å². The van der Waals surface area contributed by atoms with Crippen LogP contribution >= 0.6 is 11.6 Å². The molecule has 1 rings (SSSR count). The average molecular weight is 238 g/mol. The lowest BCUT2D eigenvalue weighted by molar-refractivity contribution is -0.0793. The quantitative estimate of drug-likeness (QED) is 0.664. The van der Waals surface area contributed by atoms with Crippen LogP contribution in [0.5, 0.6) is 0 Å². The third-order valence-electron chi connectivity index (χ3n) is 2.69. The zero-order valence-electron chi connectivity index (χ0n) is 9.15. The highest BCUT2D eigenvalue weighted by Crippen LogP contribution is 2.21. The predicted molar refractivity (Wildman–Crippen MR) is 59.2 cm³/mol. The molecule has 0 aromatic rings. The lowest BCUT2D eigenvalue weighted by atomic mass is 9.94. The molecule has 1 atom stereocenters. The van der Waals surface area contributed by atoms with Crippen molar-refractivity contribution >= 4 is 11.6 Å². The van der Waals surface area contributed by atoms with Crippen molar-refractivity contribution in [1.82, 2.24) is 4.90 Å². The van der Waals surface area contributed by atoms with Crippen molar-refractivity contribution in [2.24, 2.45) is 0 Å². The monoisotopic (exact) mass is 237 g/mol. The molecule has 1 fully saturated rings. The Morgan fingerprint density at radius 3 is 2.60 bits per heavy atom. The topological polar surface area (TPSA) is 52.9 Å². The first kappa shape index (κ1) is 13.2. The number of nitrogens with zero attached hydrogens (tertiary/aromatic N) is 1. The molecule has 0 amide bonds. The van der Waals surface area contributed by atoms with E-state index in [1.165, 1.54) is 0 Å². The number of halogens is 1. The SMILES string of the molecule is CN(CC(O)CCl)CC1(O)CCOCC1. The molecule has 1 saturated heterocycles. The van der Waals surface area contributed by atoms with Gasteiger partial charge in [-0.05, 0) is 7.05 Å². The Morgan fingerprint density at radius 1 is 1.47 bits per heavy atom. The summed E-state index contributed by atoms with van der Waals surface area (Å²) in [6.07, 6.45) is 0.794. The fourth-order valence-electron chi connectivity index (χ4n) is 1.89. The molecule has 1 aliphatic rings. The molecule has 0 aromatic heterocycles. The first-order chi connectivity index (χ1) is 7.06. The Balaban J connectivity index is 2.31. The molecule has 1 heterocycles. The number of likely N-dealkylation sites (N-methyl/N-ethyl adjacent to an activating group) is 1. The lowest BCUT2D eigenvalue weighted by Crippen LogP contribution is -2.47. The molecule has 0 spiro atoms. The van der Waals surface area contributed by atoms with Gasteiger partial charge >= 0.3 is 0 Å². The van der Waals surface area contributed by atoms with Gasteiger partial charge in [-0.3, -0.25) is 0 Å². The maximum Gasteiger partial charge on any atom is 0.0817 e. The molecule has 2 N–H and O–H groups in total. The van der Waals surface area contributed by atoms with Gasteiger partial charge in [0, 0.05) is 45.0 Å². The molecule has 0 aromatic carbocycles. The van der Waals surface area contributed by atoms with Gasteiger partial charge in [-0.25, -0.2) is 0 Å². The molecule has 0 radical (unpaired) electrons. The van der Waals surface area contributed by atoms with E-state index in [9.17, 15) is 10.2 Å². The van der Waals surface area contributed by atoms with E-state index >= 15 is 0 Å². The maximum absolute atomic E-state index is 10.2. The van der Waals surface area contributed by atoms with Crippen molar-refractivity contribution in [2.45, 2.75) is 24.5 Å². The van der Waals surface area contributed by atoms with Crippen molar-refractivity contribution < 1.29 is 14.9 Å². The van der Waals surface area contributed by atoms with Crippen LogP contribution in [0, 0.1) is 0 Å². The Bertz CT molecular complexity index is 186. The van der Waals surface area contributed by atoms with E-state index in [0.29, 0.717) is 39.1 Å². The zero-order valence-corrected chi connectivity index (χ0v) is 9.91. The highest BCUT2D eigenvalue weighted by atomic mass is 35.5. The smallest absolute Gasteiger partial charge is 0.0817 e. The number of hydrogen-bond donors (Lipinski definition) is 2. The summed E-state index contributed by atoms with van der Waals surface area (Å²) in [4.78, 5) is 1.92. The van der Waals surface area contributed by atoms with Crippen molar-refractivity contribution in [2.75, 3.05) is 39.2 Å². The minimum atomic E-state index is -0.668. The van der Waals surface area contributed by atoms with Crippen LogP contribution in [0.25, 0.3) is 0 Å². The Morgan fingerprint density at radius 2 is 2.07 bits per heavy atom. The summed E-state index contributed by atoms with van der Waals surface area (Å²) in [6, 6.07) is 0. The molecule has 90 valence electrons. The van der Waals surface area contributed by atoms with Crippen molar-refractivity contribution in [3.8, 4) is 0 Å². The molecular weight excluding hydrogens is 218 g/mol. The zero-order chi connectivity index (χ0) is 11.3. The van der Waals surface area contributed by atoms with Crippen LogP contribution in [-0.4, -0.2) is 66.0 Å². The van der Waals surface area contributed by atoms with Gasteiger partial charge in [0.05, 0.1) is 11.7 Å². The highest BCUT2D eigenvalue weighted by molar-refractivity contribution is 6.18. The fourth-order valence-corrected chi connectivity index (χ4v) is 1.98. The van der Waals surface area contributed by atoms with Crippen LogP contribution < -0.4 is 0 Å². The van der Waals surface area contributed by atoms with Crippen LogP contribution in [-0.2, 0) is 4.74 Å². The van der Waals surface area contributed by atoms with Crippen molar-refractivity contribution in [3.63, 3.8) is 0 Å². The average Bonchev–Trinajstić information content (AvgIpc) is 2.17. The van der Waals surface area contributed by atoms with Gasteiger partial charge < -0.3 is 19.8 Å². The summed E-state index contributed by atoms with van der Waals surface area (Å²) >= 11 is 5.51. The largest absolute Gasteiger partial charge is 0.391 e. The molecule has 0 saturated carbocycles. The van der Waals surface area contributed by atoms with Gasteiger partial charge in [0.15, 0.2) is 0 Å². The van der Waals surface area contributed by atoms with Crippen LogP contribution in [0.3, 0.4) is 0 Å². The van der Waals surface area contributed by atoms with E-state index in [0.717, 1.165) is 0 Å². The van der Waals surface area contributed by atoms with Gasteiger partial charge in [-0.1, -0.05) is 0 Å². The summed E-state index contributed by atoms with van der Waals surface area (Å²) in [7, 11) is 1.88. The predicted octanol–water partition coefficient (Wildman–Crippen LogP) is 0.0594. The minimum Gasteiger partial charge on any atom is -0.391 e. The number of ether oxygens (including phenoxy) is 1. The molecular formula is C10H20ClNO3. The van der Waals surface area contributed by atoms with Gasteiger partial charge in [0.2, 0.25) is 0 Å². The van der Waals surface area contributed by atoms with Gasteiger partial charge in [0.1, 0.15) is 0 Å². The number of rotatable bonds is 5. The first-order valence-corrected chi connectivity index (χ1v) is 5.82. The molecule has 0 aliphatic carbocycles. The second-order valence-corrected chi connectivity index (χ2v) is 4.65. The molecule has 5 heteroatoms. The molecule has 15 heavy (non-hydrogen) atoms. The first-order valence-electron chi connectivity index (χ1n) is 5.28. The van der Waals surface area contributed by atoms with Gasteiger partial charge in [-0.15, -0.1) is 11.6 Å². The molecule has 0 bridgehead atoms. The minimum absolute atomic E-state index is 0.228. The van der Waals surface area contributed by atoms with Crippen LogP contribution in [0.2, 0.25) is 0 Å². The normalized spacial score (nSPS) is 23.0. The Hall–Kier alpha value is 0.130. The van der Waals surface area contributed by atoms with E-state index < -0.39 is 11.7 Å². The number of hydrogen-bond acceptors (Lipinski definition) is 4. The number of aliphatic hydroxyl groups excluding tert-OH is 1. The standard InChI is InChI=1S/C10H20ClNO3/c1-12(7-9(13)6-11)8-10(14)2-4-15-5-3-10/h9,13-14H,2-8H2,1H3. The van der Waals surface area contributed by atoms with Crippen LogP contribution in [0.15, 0.2) is 0 Å². The van der Waals surface area contributed by atoms with E-state index in [2.05, 4.69) is 0 Å². The number of alkyl halides is 1. The third kappa shape index (κ3) is 4.66. The van der Waals surface area contributed by atoms with E-state index in [1.807, 2.05) is 11.9 Å². The Labute approximate surface area is 95.8 Å². The summed E-state index contributed by atoms with van der Waals surface area (Å²) in [5.41, 5.74) is -0.668. The second-order valence-electron chi connectivity index (χ2n) is 4.34. The third-order valence-corrected chi connectivity index (χ3v) is 3.04. The van der Waals surface area contributed by atoms with Crippen LogP contribution in [0.4, 0.5) is 0 Å². The molecule has 4 nitrogen and oxygen atoms in total. The van der Waals surface area contributed by atoms with Gasteiger partial charge in [-0.2, -0.15) is 0 Å². The highest BCUT2D eigenvalue weighted by Gasteiger charge is 2.31. The Kier molecular flexibility index (Phi) is 5.29. The molecule has 1 aliphatic heterocycles. The lowest BCUT2D eigenvalue weighted by Gasteiger charge is -2.35. The van der Waals surface area contributed by atoms with E-state index in [-0.39, 0.29) is 5.88 Å².